The molecule has 1 saturated carbocycles. The standard InChI is InChI=1S/C13H19NO2/c1-16-11-7-5-10(6-8-11)9-14-12-3-2-4-13(12)15/h5-8,12-15H,2-4,9H2,1H3/t12-,13+/m0/s1. The number of hydrogen-bond donors (Lipinski definition) is 2. The van der Waals surface area contributed by atoms with Crippen LogP contribution in [-0.4, -0.2) is 24.4 Å². The van der Waals surface area contributed by atoms with Crippen LogP contribution >= 0.6 is 0 Å². The van der Waals surface area contributed by atoms with Crippen LogP contribution in [0.1, 0.15) is 24.8 Å². The molecule has 0 saturated heterocycles. The summed E-state index contributed by atoms with van der Waals surface area (Å²) in [7, 11) is 1.67. The predicted molar refractivity (Wildman–Crippen MR) is 63.5 cm³/mol. The Morgan fingerprint density at radius 1 is 1.31 bits per heavy atom. The topological polar surface area (TPSA) is 41.5 Å². The van der Waals surface area contributed by atoms with Gasteiger partial charge in [0.05, 0.1) is 13.2 Å². The highest BCUT2D eigenvalue weighted by Gasteiger charge is 2.24. The molecule has 1 fully saturated rings. The maximum atomic E-state index is 9.67. The quantitative estimate of drug-likeness (QED) is 0.813. The molecule has 1 aromatic rings. The lowest BCUT2D eigenvalue weighted by molar-refractivity contribution is 0.148. The number of aliphatic hydroxyl groups is 1. The minimum absolute atomic E-state index is 0.168. The van der Waals surface area contributed by atoms with Crippen molar-refractivity contribution in [3.63, 3.8) is 0 Å². The van der Waals surface area contributed by atoms with E-state index in [1.165, 1.54) is 5.56 Å². The van der Waals surface area contributed by atoms with Gasteiger partial charge in [0.25, 0.3) is 0 Å². The van der Waals surface area contributed by atoms with Gasteiger partial charge in [0.2, 0.25) is 0 Å². The Morgan fingerprint density at radius 2 is 2.06 bits per heavy atom. The van der Waals surface area contributed by atoms with E-state index in [1.54, 1.807) is 7.11 Å². The fourth-order valence-electron chi connectivity index (χ4n) is 2.17. The number of nitrogens with one attached hydrogen (secondary N) is 1. The van der Waals surface area contributed by atoms with E-state index in [0.29, 0.717) is 0 Å². The molecular weight excluding hydrogens is 202 g/mol. The zero-order valence-corrected chi connectivity index (χ0v) is 9.65. The van der Waals surface area contributed by atoms with Crippen LogP contribution in [0.3, 0.4) is 0 Å². The van der Waals surface area contributed by atoms with E-state index in [4.69, 9.17) is 4.74 Å². The van der Waals surface area contributed by atoms with Crippen LogP contribution in [-0.2, 0) is 6.54 Å². The van der Waals surface area contributed by atoms with Crippen molar-refractivity contribution >= 4 is 0 Å². The highest BCUT2D eigenvalue weighted by atomic mass is 16.5. The molecule has 1 aromatic carbocycles. The molecule has 0 heterocycles. The van der Waals surface area contributed by atoms with E-state index in [9.17, 15) is 5.11 Å². The number of ether oxygens (including phenoxy) is 1. The summed E-state index contributed by atoms with van der Waals surface area (Å²) in [4.78, 5) is 0. The van der Waals surface area contributed by atoms with Crippen LogP contribution < -0.4 is 10.1 Å². The van der Waals surface area contributed by atoms with Gasteiger partial charge >= 0.3 is 0 Å². The van der Waals surface area contributed by atoms with Crippen molar-refractivity contribution in [3.8, 4) is 5.75 Å². The molecule has 3 heteroatoms. The monoisotopic (exact) mass is 221 g/mol. The summed E-state index contributed by atoms with van der Waals surface area (Å²) in [5.41, 5.74) is 1.22. The first-order chi connectivity index (χ1) is 7.79. The molecule has 0 aliphatic heterocycles. The van der Waals surface area contributed by atoms with Crippen molar-refractivity contribution in [3.05, 3.63) is 29.8 Å². The van der Waals surface area contributed by atoms with Gasteiger partial charge in [-0.15, -0.1) is 0 Å². The Bertz CT molecular complexity index is 323. The largest absolute Gasteiger partial charge is 0.497 e. The first-order valence-electron chi connectivity index (χ1n) is 5.84. The molecule has 1 aliphatic carbocycles. The summed E-state index contributed by atoms with van der Waals surface area (Å²) in [5.74, 6) is 0.879. The Hall–Kier alpha value is -1.06. The SMILES string of the molecule is COc1ccc(CN[C@H]2CCC[C@H]2O)cc1. The van der Waals surface area contributed by atoms with E-state index < -0.39 is 0 Å². The van der Waals surface area contributed by atoms with Crippen LogP contribution in [0.15, 0.2) is 24.3 Å². The van der Waals surface area contributed by atoms with Gasteiger partial charge < -0.3 is 15.2 Å². The third-order valence-electron chi connectivity index (χ3n) is 3.21. The Kier molecular flexibility index (Phi) is 3.80. The molecule has 2 atom stereocenters. The first kappa shape index (κ1) is 11.4. The molecular formula is C13H19NO2. The second-order valence-electron chi connectivity index (χ2n) is 4.33. The molecule has 2 N–H and O–H groups in total. The minimum atomic E-state index is -0.168. The number of hydrogen-bond acceptors (Lipinski definition) is 3. The number of methoxy groups -OCH3 is 1. The van der Waals surface area contributed by atoms with Gasteiger partial charge in [0.15, 0.2) is 0 Å². The van der Waals surface area contributed by atoms with E-state index in [0.717, 1.165) is 31.6 Å². The molecule has 0 amide bonds. The van der Waals surface area contributed by atoms with Crippen molar-refractivity contribution in [2.45, 2.75) is 38.0 Å². The first-order valence-corrected chi connectivity index (χ1v) is 5.84. The van der Waals surface area contributed by atoms with Gasteiger partial charge in [-0.05, 0) is 37.0 Å². The summed E-state index contributed by atoms with van der Waals surface area (Å²) in [6.07, 6.45) is 2.97. The van der Waals surface area contributed by atoms with Gasteiger partial charge in [-0.3, -0.25) is 0 Å². The van der Waals surface area contributed by atoms with Crippen LogP contribution in [0.2, 0.25) is 0 Å². The van der Waals surface area contributed by atoms with E-state index in [2.05, 4.69) is 5.32 Å². The summed E-state index contributed by atoms with van der Waals surface area (Å²) >= 11 is 0. The molecule has 16 heavy (non-hydrogen) atoms. The second-order valence-corrected chi connectivity index (χ2v) is 4.33. The van der Waals surface area contributed by atoms with Crippen LogP contribution in [0.25, 0.3) is 0 Å². The zero-order chi connectivity index (χ0) is 11.4. The maximum absolute atomic E-state index is 9.67. The second kappa shape index (κ2) is 5.32. The molecule has 3 nitrogen and oxygen atoms in total. The fourth-order valence-corrected chi connectivity index (χ4v) is 2.17. The summed E-state index contributed by atoms with van der Waals surface area (Å²) in [6.45, 7) is 0.811. The zero-order valence-electron chi connectivity index (χ0n) is 9.65. The van der Waals surface area contributed by atoms with Crippen LogP contribution in [0, 0.1) is 0 Å². The van der Waals surface area contributed by atoms with E-state index in [-0.39, 0.29) is 12.1 Å². The Morgan fingerprint density at radius 3 is 2.62 bits per heavy atom. The summed E-state index contributed by atoms with van der Waals surface area (Å²) in [5, 5.41) is 13.1. The van der Waals surface area contributed by atoms with Crippen molar-refractivity contribution in [1.82, 2.24) is 5.32 Å². The third kappa shape index (κ3) is 2.74. The lowest BCUT2D eigenvalue weighted by atomic mass is 10.1. The van der Waals surface area contributed by atoms with E-state index >= 15 is 0 Å². The summed E-state index contributed by atoms with van der Waals surface area (Å²) < 4.78 is 5.10. The van der Waals surface area contributed by atoms with Crippen molar-refractivity contribution in [2.24, 2.45) is 0 Å². The van der Waals surface area contributed by atoms with Gasteiger partial charge in [-0.1, -0.05) is 12.1 Å². The Labute approximate surface area is 96.4 Å². The van der Waals surface area contributed by atoms with Gasteiger partial charge in [-0.25, -0.2) is 0 Å². The molecule has 0 spiro atoms. The molecule has 88 valence electrons. The van der Waals surface area contributed by atoms with Crippen molar-refractivity contribution < 1.29 is 9.84 Å². The van der Waals surface area contributed by atoms with Gasteiger partial charge in [0, 0.05) is 12.6 Å². The van der Waals surface area contributed by atoms with Crippen LogP contribution in [0.4, 0.5) is 0 Å². The van der Waals surface area contributed by atoms with Gasteiger partial charge in [0.1, 0.15) is 5.75 Å². The van der Waals surface area contributed by atoms with Crippen LogP contribution in [0.5, 0.6) is 5.75 Å². The number of benzene rings is 1. The number of aliphatic hydroxyl groups excluding tert-OH is 1. The molecule has 0 bridgehead atoms. The van der Waals surface area contributed by atoms with Gasteiger partial charge in [-0.2, -0.15) is 0 Å². The minimum Gasteiger partial charge on any atom is -0.497 e. The number of rotatable bonds is 4. The van der Waals surface area contributed by atoms with Crippen molar-refractivity contribution in [2.75, 3.05) is 7.11 Å². The maximum Gasteiger partial charge on any atom is 0.118 e. The average Bonchev–Trinajstić information content (AvgIpc) is 2.73. The Balaban J connectivity index is 1.84. The molecule has 2 rings (SSSR count). The highest BCUT2D eigenvalue weighted by molar-refractivity contribution is 5.27. The summed E-state index contributed by atoms with van der Waals surface area (Å²) in [6, 6.07) is 8.28. The average molecular weight is 221 g/mol. The molecule has 0 radical (unpaired) electrons. The molecule has 0 unspecified atom stereocenters. The predicted octanol–water partition coefficient (Wildman–Crippen LogP) is 1.70. The molecule has 0 aromatic heterocycles. The third-order valence-corrected chi connectivity index (χ3v) is 3.21. The molecule has 1 aliphatic rings. The highest BCUT2D eigenvalue weighted by Crippen LogP contribution is 2.19. The lowest BCUT2D eigenvalue weighted by Crippen LogP contribution is -2.34. The smallest absolute Gasteiger partial charge is 0.118 e. The fraction of sp³-hybridized carbons (Fsp3) is 0.538. The normalized spacial score (nSPS) is 24.6. The van der Waals surface area contributed by atoms with E-state index in [1.807, 2.05) is 24.3 Å². The van der Waals surface area contributed by atoms with Crippen molar-refractivity contribution in [1.29, 1.82) is 0 Å². The lowest BCUT2D eigenvalue weighted by Gasteiger charge is -2.16.